The summed E-state index contributed by atoms with van der Waals surface area (Å²) in [5.41, 5.74) is -0.0462. The van der Waals surface area contributed by atoms with E-state index in [4.69, 9.17) is 14.2 Å². The van der Waals surface area contributed by atoms with E-state index in [-0.39, 0.29) is 5.60 Å². The molecule has 2 fully saturated rings. The van der Waals surface area contributed by atoms with E-state index in [1.165, 1.54) is 0 Å². The molecule has 2 aliphatic heterocycles. The van der Waals surface area contributed by atoms with Gasteiger partial charge in [-0.2, -0.15) is 0 Å². The van der Waals surface area contributed by atoms with Crippen LogP contribution in [0.5, 0.6) is 0 Å². The minimum atomic E-state index is -0.0462. The Kier molecular flexibility index (Phi) is 6.07. The zero-order chi connectivity index (χ0) is 13.6. The maximum atomic E-state index is 6.01. The highest BCUT2D eigenvalue weighted by atomic mass is 16.5. The lowest BCUT2D eigenvalue weighted by atomic mass is 9.76. The molecule has 0 aromatic rings. The van der Waals surface area contributed by atoms with Crippen LogP contribution in [0, 0.1) is 5.92 Å². The molecule has 2 heterocycles. The fourth-order valence-corrected chi connectivity index (χ4v) is 3.49. The summed E-state index contributed by atoms with van der Waals surface area (Å²) in [4.78, 5) is 0. The first-order valence-electron chi connectivity index (χ1n) is 7.76. The van der Waals surface area contributed by atoms with Gasteiger partial charge in [0.25, 0.3) is 0 Å². The Morgan fingerprint density at radius 2 is 1.79 bits per heavy atom. The molecule has 1 N–H and O–H groups in total. The van der Waals surface area contributed by atoms with Crippen LogP contribution in [0.15, 0.2) is 0 Å². The van der Waals surface area contributed by atoms with Crippen molar-refractivity contribution in [2.75, 3.05) is 40.1 Å². The maximum Gasteiger partial charge on any atom is 0.0877 e. The van der Waals surface area contributed by atoms with Gasteiger partial charge in [0.2, 0.25) is 0 Å². The topological polar surface area (TPSA) is 39.7 Å². The van der Waals surface area contributed by atoms with Gasteiger partial charge >= 0.3 is 0 Å². The van der Waals surface area contributed by atoms with Crippen molar-refractivity contribution in [1.29, 1.82) is 0 Å². The number of nitrogens with one attached hydrogen (secondary N) is 1. The molecule has 0 aromatic carbocycles. The third kappa shape index (κ3) is 3.69. The van der Waals surface area contributed by atoms with E-state index in [0.717, 1.165) is 65.1 Å². The predicted octanol–water partition coefficient (Wildman–Crippen LogP) is 1.98. The zero-order valence-corrected chi connectivity index (χ0v) is 12.5. The fourth-order valence-electron chi connectivity index (χ4n) is 3.49. The molecule has 0 saturated carbocycles. The molecule has 2 aliphatic rings. The quantitative estimate of drug-likeness (QED) is 0.802. The van der Waals surface area contributed by atoms with Crippen LogP contribution in [0.2, 0.25) is 0 Å². The van der Waals surface area contributed by atoms with Crippen LogP contribution in [0.4, 0.5) is 0 Å². The Morgan fingerprint density at radius 1 is 1.16 bits per heavy atom. The molecule has 0 amide bonds. The molecule has 2 rings (SSSR count). The Bertz CT molecular complexity index is 248. The highest BCUT2D eigenvalue weighted by Crippen LogP contribution is 2.35. The first kappa shape index (κ1) is 15.2. The molecule has 112 valence electrons. The van der Waals surface area contributed by atoms with Crippen molar-refractivity contribution < 1.29 is 14.2 Å². The Morgan fingerprint density at radius 3 is 2.37 bits per heavy atom. The first-order chi connectivity index (χ1) is 9.32. The molecule has 4 nitrogen and oxygen atoms in total. The Balaban J connectivity index is 2.08. The van der Waals surface area contributed by atoms with E-state index < -0.39 is 0 Å². The van der Waals surface area contributed by atoms with Gasteiger partial charge in [-0.3, -0.25) is 0 Å². The summed E-state index contributed by atoms with van der Waals surface area (Å²) in [6.45, 7) is 6.71. The van der Waals surface area contributed by atoms with Gasteiger partial charge in [-0.05, 0) is 31.7 Å². The van der Waals surface area contributed by atoms with E-state index in [1.54, 1.807) is 0 Å². The van der Waals surface area contributed by atoms with Crippen molar-refractivity contribution in [2.24, 2.45) is 5.92 Å². The molecule has 1 atom stereocenters. The fraction of sp³-hybridized carbons (Fsp3) is 1.00. The standard InChI is InChI=1S/C15H29NO3/c1-3-8-16-14(13-4-9-18-10-5-13)15(17-2)6-11-19-12-7-15/h13-14,16H,3-12H2,1-2H3. The van der Waals surface area contributed by atoms with Gasteiger partial charge in [-0.1, -0.05) is 6.92 Å². The molecule has 4 heteroatoms. The van der Waals surface area contributed by atoms with Gasteiger partial charge in [0, 0.05) is 52.4 Å². The van der Waals surface area contributed by atoms with E-state index in [2.05, 4.69) is 12.2 Å². The van der Waals surface area contributed by atoms with Crippen molar-refractivity contribution in [1.82, 2.24) is 5.32 Å². The molecule has 0 radical (unpaired) electrons. The summed E-state index contributed by atoms with van der Waals surface area (Å²) >= 11 is 0. The molecule has 2 saturated heterocycles. The van der Waals surface area contributed by atoms with E-state index in [0.29, 0.717) is 12.0 Å². The van der Waals surface area contributed by atoms with Crippen molar-refractivity contribution in [3.63, 3.8) is 0 Å². The van der Waals surface area contributed by atoms with Gasteiger partial charge in [0.05, 0.1) is 5.60 Å². The highest BCUT2D eigenvalue weighted by molar-refractivity contribution is 4.98. The van der Waals surface area contributed by atoms with Crippen LogP contribution in [0.1, 0.15) is 39.0 Å². The van der Waals surface area contributed by atoms with Gasteiger partial charge in [-0.15, -0.1) is 0 Å². The summed E-state index contributed by atoms with van der Waals surface area (Å²) in [7, 11) is 1.87. The van der Waals surface area contributed by atoms with Crippen LogP contribution in [-0.4, -0.2) is 51.7 Å². The lowest BCUT2D eigenvalue weighted by molar-refractivity contribution is -0.127. The summed E-state index contributed by atoms with van der Waals surface area (Å²) in [5, 5.41) is 3.76. The maximum absolute atomic E-state index is 6.01. The SMILES string of the molecule is CCCNC(C1CCOCC1)C1(OC)CCOCC1. The number of rotatable bonds is 6. The molecule has 0 aromatic heterocycles. The molecular formula is C15H29NO3. The van der Waals surface area contributed by atoms with Crippen molar-refractivity contribution in [2.45, 2.75) is 50.7 Å². The van der Waals surface area contributed by atoms with Crippen molar-refractivity contribution >= 4 is 0 Å². The lowest BCUT2D eigenvalue weighted by Gasteiger charge is -2.47. The van der Waals surface area contributed by atoms with Crippen LogP contribution in [-0.2, 0) is 14.2 Å². The van der Waals surface area contributed by atoms with E-state index in [9.17, 15) is 0 Å². The zero-order valence-electron chi connectivity index (χ0n) is 12.5. The number of hydrogen-bond acceptors (Lipinski definition) is 4. The monoisotopic (exact) mass is 271 g/mol. The predicted molar refractivity (Wildman–Crippen MR) is 75.4 cm³/mol. The van der Waals surface area contributed by atoms with Crippen molar-refractivity contribution in [3.05, 3.63) is 0 Å². The Hall–Kier alpha value is -0.160. The molecular weight excluding hydrogens is 242 g/mol. The van der Waals surface area contributed by atoms with Gasteiger partial charge in [0.15, 0.2) is 0 Å². The average Bonchev–Trinajstić information content (AvgIpc) is 2.49. The van der Waals surface area contributed by atoms with Crippen LogP contribution < -0.4 is 5.32 Å². The molecule has 19 heavy (non-hydrogen) atoms. The van der Waals surface area contributed by atoms with Crippen LogP contribution >= 0.6 is 0 Å². The van der Waals surface area contributed by atoms with Crippen molar-refractivity contribution in [3.8, 4) is 0 Å². The minimum absolute atomic E-state index is 0.0462. The summed E-state index contributed by atoms with van der Waals surface area (Å²) in [5.74, 6) is 0.665. The van der Waals surface area contributed by atoms with Crippen LogP contribution in [0.25, 0.3) is 0 Å². The third-order valence-corrected chi connectivity index (χ3v) is 4.66. The van der Waals surface area contributed by atoms with Crippen LogP contribution in [0.3, 0.4) is 0 Å². The second-order valence-electron chi connectivity index (χ2n) is 5.76. The molecule has 0 spiro atoms. The minimum Gasteiger partial charge on any atom is -0.381 e. The van der Waals surface area contributed by atoms with E-state index >= 15 is 0 Å². The number of ether oxygens (including phenoxy) is 3. The normalized spacial score (nSPS) is 26.2. The summed E-state index contributed by atoms with van der Waals surface area (Å²) < 4.78 is 17.1. The van der Waals surface area contributed by atoms with Gasteiger partial charge < -0.3 is 19.5 Å². The average molecular weight is 271 g/mol. The van der Waals surface area contributed by atoms with Gasteiger partial charge in [0.1, 0.15) is 0 Å². The summed E-state index contributed by atoms with van der Waals surface area (Å²) in [6.07, 6.45) is 5.46. The van der Waals surface area contributed by atoms with E-state index in [1.807, 2.05) is 7.11 Å². The number of methoxy groups -OCH3 is 1. The third-order valence-electron chi connectivity index (χ3n) is 4.66. The highest BCUT2D eigenvalue weighted by Gasteiger charge is 2.44. The number of hydrogen-bond donors (Lipinski definition) is 1. The summed E-state index contributed by atoms with van der Waals surface area (Å²) in [6, 6.07) is 0.435. The van der Waals surface area contributed by atoms with Gasteiger partial charge in [-0.25, -0.2) is 0 Å². The second kappa shape index (κ2) is 7.58. The first-order valence-corrected chi connectivity index (χ1v) is 7.76. The second-order valence-corrected chi connectivity index (χ2v) is 5.76. The lowest BCUT2D eigenvalue weighted by Crippen LogP contribution is -2.59. The molecule has 1 unspecified atom stereocenters. The Labute approximate surface area is 117 Å². The molecule has 0 bridgehead atoms. The molecule has 0 aliphatic carbocycles. The largest absolute Gasteiger partial charge is 0.381 e. The smallest absolute Gasteiger partial charge is 0.0877 e.